The van der Waals surface area contributed by atoms with Crippen molar-refractivity contribution in [1.29, 1.82) is 0 Å². The van der Waals surface area contributed by atoms with Crippen molar-refractivity contribution in [3.05, 3.63) is 24.3 Å². The summed E-state index contributed by atoms with van der Waals surface area (Å²) in [5.74, 6) is 0.974. The van der Waals surface area contributed by atoms with Crippen LogP contribution in [0.2, 0.25) is 0 Å². The minimum absolute atomic E-state index is 0.232. The molecule has 0 bridgehead atoms. The van der Waals surface area contributed by atoms with Crippen molar-refractivity contribution in [3.63, 3.8) is 0 Å². The Morgan fingerprint density at radius 1 is 0.900 bits per heavy atom. The highest BCUT2D eigenvalue weighted by Crippen LogP contribution is 2.15. The normalized spacial score (nSPS) is 10.4. The van der Waals surface area contributed by atoms with E-state index in [1.165, 1.54) is 0 Å². The average molecular weight is 282 g/mol. The number of carbonyl (C=O) groups excluding carboxylic acids is 1. The molecule has 1 N–H and O–H groups in total. The van der Waals surface area contributed by atoms with Crippen LogP contribution in [0.3, 0.4) is 0 Å². The maximum absolute atomic E-state index is 10.0. The Kier molecular flexibility index (Phi) is 9.26. The summed E-state index contributed by atoms with van der Waals surface area (Å²) >= 11 is 0. The van der Waals surface area contributed by atoms with Crippen molar-refractivity contribution in [3.8, 4) is 11.5 Å². The minimum Gasteiger partial charge on any atom is -0.508 e. The molecule has 5 heteroatoms. The molecule has 5 nitrogen and oxygen atoms in total. The first kappa shape index (κ1) is 16.5. The fourth-order valence-corrected chi connectivity index (χ4v) is 1.49. The summed E-state index contributed by atoms with van der Waals surface area (Å²) in [7, 11) is 0. The van der Waals surface area contributed by atoms with E-state index in [0.717, 1.165) is 24.9 Å². The number of phenolic OH excluding ortho intramolecular Hbond substituents is 1. The molecule has 0 spiro atoms. The lowest BCUT2D eigenvalue weighted by Gasteiger charge is -2.07. The zero-order chi connectivity index (χ0) is 14.5. The summed E-state index contributed by atoms with van der Waals surface area (Å²) in [6.07, 6.45) is 2.95. The van der Waals surface area contributed by atoms with Gasteiger partial charge in [-0.15, -0.1) is 0 Å². The number of aldehydes is 1. The number of aromatic hydroxyl groups is 1. The molecule has 0 saturated heterocycles. The second kappa shape index (κ2) is 11.3. The molecular weight excluding hydrogens is 260 g/mol. The summed E-state index contributed by atoms with van der Waals surface area (Å²) < 4.78 is 16.1. The van der Waals surface area contributed by atoms with Crippen molar-refractivity contribution in [1.82, 2.24) is 0 Å². The summed E-state index contributed by atoms with van der Waals surface area (Å²) in [6.45, 7) is 3.00. The van der Waals surface area contributed by atoms with E-state index in [1.807, 2.05) is 0 Å². The first-order valence-electron chi connectivity index (χ1n) is 6.84. The van der Waals surface area contributed by atoms with Gasteiger partial charge < -0.3 is 24.1 Å². The van der Waals surface area contributed by atoms with Gasteiger partial charge in [-0.3, -0.25) is 0 Å². The highest BCUT2D eigenvalue weighted by Gasteiger charge is 1.95. The Bertz CT molecular complexity index is 350. The van der Waals surface area contributed by atoms with Gasteiger partial charge in [-0.05, 0) is 30.7 Å². The van der Waals surface area contributed by atoms with Gasteiger partial charge >= 0.3 is 0 Å². The van der Waals surface area contributed by atoms with Gasteiger partial charge in [0.1, 0.15) is 17.8 Å². The molecule has 0 aliphatic carbocycles. The van der Waals surface area contributed by atoms with E-state index in [-0.39, 0.29) is 5.75 Å². The van der Waals surface area contributed by atoms with E-state index < -0.39 is 0 Å². The zero-order valence-electron chi connectivity index (χ0n) is 11.6. The lowest BCUT2D eigenvalue weighted by atomic mass is 10.3. The molecule has 0 radical (unpaired) electrons. The van der Waals surface area contributed by atoms with Gasteiger partial charge in [0, 0.05) is 32.7 Å². The Morgan fingerprint density at radius 3 is 2.15 bits per heavy atom. The van der Waals surface area contributed by atoms with Crippen LogP contribution in [0.15, 0.2) is 24.3 Å². The third-order valence-corrected chi connectivity index (χ3v) is 2.50. The predicted molar refractivity (Wildman–Crippen MR) is 75.2 cm³/mol. The molecule has 0 fully saturated rings. The standard InChI is InChI=1S/C15H22O5/c16-8-1-9-18-10-2-11-19-12-3-13-20-15-6-4-14(17)5-7-15/h4-8,17H,1-3,9-13H2. The van der Waals surface area contributed by atoms with Crippen molar-refractivity contribution in [2.24, 2.45) is 0 Å². The molecule has 0 saturated carbocycles. The van der Waals surface area contributed by atoms with Crippen LogP contribution in [0.5, 0.6) is 11.5 Å². The molecule has 0 unspecified atom stereocenters. The lowest BCUT2D eigenvalue weighted by Crippen LogP contribution is -2.06. The van der Waals surface area contributed by atoms with Gasteiger partial charge in [-0.2, -0.15) is 0 Å². The largest absolute Gasteiger partial charge is 0.508 e. The maximum atomic E-state index is 10.0. The van der Waals surface area contributed by atoms with Gasteiger partial charge in [-0.1, -0.05) is 0 Å². The number of hydrogen-bond acceptors (Lipinski definition) is 5. The SMILES string of the molecule is O=CCCOCCCOCCCOc1ccc(O)cc1. The van der Waals surface area contributed by atoms with Crippen molar-refractivity contribution in [2.75, 3.05) is 33.0 Å². The first-order valence-corrected chi connectivity index (χ1v) is 6.84. The highest BCUT2D eigenvalue weighted by atomic mass is 16.5. The van der Waals surface area contributed by atoms with Crippen molar-refractivity contribution >= 4 is 6.29 Å². The molecule has 20 heavy (non-hydrogen) atoms. The number of rotatable bonds is 12. The van der Waals surface area contributed by atoms with Crippen LogP contribution in [0.4, 0.5) is 0 Å². The van der Waals surface area contributed by atoms with Crippen LogP contribution in [0.25, 0.3) is 0 Å². The van der Waals surface area contributed by atoms with Gasteiger partial charge in [-0.25, -0.2) is 0 Å². The summed E-state index contributed by atoms with van der Waals surface area (Å²) in [5, 5.41) is 9.11. The topological polar surface area (TPSA) is 65.0 Å². The Labute approximate surface area is 119 Å². The molecule has 1 aromatic carbocycles. The summed E-state index contributed by atoms with van der Waals surface area (Å²) in [4.78, 5) is 10.0. The van der Waals surface area contributed by atoms with Crippen molar-refractivity contribution < 1.29 is 24.1 Å². The van der Waals surface area contributed by atoms with E-state index >= 15 is 0 Å². The molecule has 0 amide bonds. The van der Waals surface area contributed by atoms with Crippen molar-refractivity contribution in [2.45, 2.75) is 19.3 Å². The second-order valence-corrected chi connectivity index (χ2v) is 4.23. The number of hydrogen-bond donors (Lipinski definition) is 1. The second-order valence-electron chi connectivity index (χ2n) is 4.23. The van der Waals surface area contributed by atoms with Crippen LogP contribution >= 0.6 is 0 Å². The molecule has 1 rings (SSSR count). The smallest absolute Gasteiger partial charge is 0.122 e. The Morgan fingerprint density at radius 2 is 1.50 bits per heavy atom. The minimum atomic E-state index is 0.232. The van der Waals surface area contributed by atoms with E-state index in [9.17, 15) is 4.79 Å². The first-order chi connectivity index (χ1) is 9.83. The van der Waals surface area contributed by atoms with E-state index in [4.69, 9.17) is 19.3 Å². The van der Waals surface area contributed by atoms with Crippen LogP contribution in [0, 0.1) is 0 Å². The third kappa shape index (κ3) is 8.50. The van der Waals surface area contributed by atoms with Gasteiger partial charge in [0.2, 0.25) is 0 Å². The molecule has 0 aromatic heterocycles. The van der Waals surface area contributed by atoms with E-state index in [2.05, 4.69) is 0 Å². The third-order valence-electron chi connectivity index (χ3n) is 2.50. The van der Waals surface area contributed by atoms with E-state index in [0.29, 0.717) is 39.5 Å². The predicted octanol–water partition coefficient (Wildman–Crippen LogP) is 2.17. The fourth-order valence-electron chi connectivity index (χ4n) is 1.49. The Hall–Kier alpha value is -1.59. The summed E-state index contributed by atoms with van der Waals surface area (Å²) in [5.41, 5.74) is 0. The molecule has 1 aromatic rings. The molecule has 0 aliphatic heterocycles. The quantitative estimate of drug-likeness (QED) is 0.470. The number of ether oxygens (including phenoxy) is 3. The number of carbonyl (C=O) groups is 1. The molecule has 112 valence electrons. The maximum Gasteiger partial charge on any atom is 0.122 e. The molecule has 0 heterocycles. The average Bonchev–Trinajstić information content (AvgIpc) is 2.47. The van der Waals surface area contributed by atoms with Crippen LogP contribution in [-0.4, -0.2) is 44.4 Å². The monoisotopic (exact) mass is 282 g/mol. The van der Waals surface area contributed by atoms with Crippen LogP contribution < -0.4 is 4.74 Å². The summed E-state index contributed by atoms with van der Waals surface area (Å²) in [6, 6.07) is 6.65. The molecular formula is C15H22O5. The van der Waals surface area contributed by atoms with Gasteiger partial charge in [0.15, 0.2) is 0 Å². The van der Waals surface area contributed by atoms with Crippen LogP contribution in [0.1, 0.15) is 19.3 Å². The van der Waals surface area contributed by atoms with E-state index in [1.54, 1.807) is 24.3 Å². The number of benzene rings is 1. The van der Waals surface area contributed by atoms with Gasteiger partial charge in [0.25, 0.3) is 0 Å². The Balaban J connectivity index is 1.85. The highest BCUT2D eigenvalue weighted by molar-refractivity contribution is 5.49. The lowest BCUT2D eigenvalue weighted by molar-refractivity contribution is -0.108. The zero-order valence-corrected chi connectivity index (χ0v) is 11.6. The van der Waals surface area contributed by atoms with Crippen LogP contribution in [-0.2, 0) is 14.3 Å². The van der Waals surface area contributed by atoms with Gasteiger partial charge in [0.05, 0.1) is 13.2 Å². The molecule has 0 atom stereocenters. The molecule has 0 aliphatic rings. The number of phenols is 1. The fraction of sp³-hybridized carbons (Fsp3) is 0.533.